The molecule has 0 saturated carbocycles. The fraction of sp³-hybridized carbons (Fsp3) is 0.417. The van der Waals surface area contributed by atoms with Gasteiger partial charge in [0.25, 0.3) is 0 Å². The molecule has 0 bridgehead atoms. The first-order valence-electron chi connectivity index (χ1n) is 10.4. The average molecular weight is 429 g/mol. The maximum atomic E-state index is 13.8. The fourth-order valence-corrected chi connectivity index (χ4v) is 4.96. The molecular weight excluding hydrogens is 397 g/mol. The van der Waals surface area contributed by atoms with Gasteiger partial charge in [0.05, 0.1) is 20.3 Å². The smallest absolute Gasteiger partial charge is 0.357 e. The number of hydrogen-bond acceptors (Lipinski definition) is 5. The quantitative estimate of drug-likeness (QED) is 0.247. The standard InChI is InChI=1S/C24H32NO4P/c1-5-8-9-10-13-20-14-11-12-15-23(20)24(30(26,28-6-2)29-7-3)25-21-16-18-22(27-4)19-17-21/h11-12,14-19,24-25H,5-9H2,1-4H3. The summed E-state index contributed by atoms with van der Waals surface area (Å²) in [5, 5.41) is 3.36. The van der Waals surface area contributed by atoms with Gasteiger partial charge in [-0.2, -0.15) is 0 Å². The van der Waals surface area contributed by atoms with Crippen molar-refractivity contribution in [3.05, 3.63) is 59.7 Å². The third kappa shape index (κ3) is 6.64. The SMILES string of the molecule is CCCCC#Cc1ccccc1C(Nc1ccc(OC)cc1)P(=O)(OCC)OCC. The summed E-state index contributed by atoms with van der Waals surface area (Å²) in [6.07, 6.45) is 2.98. The average Bonchev–Trinajstić information content (AvgIpc) is 2.76. The summed E-state index contributed by atoms with van der Waals surface area (Å²) < 4.78 is 30.4. The highest BCUT2D eigenvalue weighted by Crippen LogP contribution is 2.61. The van der Waals surface area contributed by atoms with Gasteiger partial charge in [-0.05, 0) is 50.6 Å². The van der Waals surface area contributed by atoms with Gasteiger partial charge in [-0.1, -0.05) is 43.4 Å². The second-order valence-electron chi connectivity index (χ2n) is 6.64. The Morgan fingerprint density at radius 3 is 2.27 bits per heavy atom. The number of anilines is 1. The molecule has 1 atom stereocenters. The number of unbranched alkanes of at least 4 members (excludes halogenated alkanes) is 2. The van der Waals surface area contributed by atoms with Gasteiger partial charge in [0.2, 0.25) is 0 Å². The molecule has 0 heterocycles. The topological polar surface area (TPSA) is 56.8 Å². The molecule has 30 heavy (non-hydrogen) atoms. The van der Waals surface area contributed by atoms with Crippen LogP contribution in [0.4, 0.5) is 5.69 Å². The van der Waals surface area contributed by atoms with Crippen molar-refractivity contribution in [3.8, 4) is 17.6 Å². The zero-order chi connectivity index (χ0) is 21.8. The van der Waals surface area contributed by atoms with Gasteiger partial charge < -0.3 is 19.1 Å². The van der Waals surface area contributed by atoms with Crippen molar-refractivity contribution in [2.45, 2.75) is 45.8 Å². The van der Waals surface area contributed by atoms with Crippen molar-refractivity contribution in [2.75, 3.05) is 25.6 Å². The Balaban J connectivity index is 2.49. The van der Waals surface area contributed by atoms with E-state index < -0.39 is 13.4 Å². The van der Waals surface area contributed by atoms with Crippen molar-refractivity contribution in [1.82, 2.24) is 0 Å². The van der Waals surface area contributed by atoms with Crippen LogP contribution in [0.25, 0.3) is 0 Å². The molecule has 162 valence electrons. The van der Waals surface area contributed by atoms with Gasteiger partial charge in [0.15, 0.2) is 5.78 Å². The molecule has 0 aliphatic heterocycles. The van der Waals surface area contributed by atoms with E-state index in [1.54, 1.807) is 7.11 Å². The lowest BCUT2D eigenvalue weighted by Crippen LogP contribution is -2.16. The zero-order valence-electron chi connectivity index (χ0n) is 18.3. The van der Waals surface area contributed by atoms with Crippen LogP contribution in [0.1, 0.15) is 56.9 Å². The van der Waals surface area contributed by atoms with Crippen molar-refractivity contribution in [2.24, 2.45) is 0 Å². The van der Waals surface area contributed by atoms with Gasteiger partial charge in [0.1, 0.15) is 5.75 Å². The minimum absolute atomic E-state index is 0.280. The first-order chi connectivity index (χ1) is 14.6. The minimum Gasteiger partial charge on any atom is -0.497 e. The Labute approximate surface area is 180 Å². The summed E-state index contributed by atoms with van der Waals surface area (Å²) in [5.74, 6) is 6.53. The van der Waals surface area contributed by atoms with E-state index >= 15 is 0 Å². The van der Waals surface area contributed by atoms with Gasteiger partial charge in [-0.15, -0.1) is 0 Å². The zero-order valence-corrected chi connectivity index (χ0v) is 19.2. The molecule has 1 N–H and O–H groups in total. The van der Waals surface area contributed by atoms with Crippen LogP contribution < -0.4 is 10.1 Å². The number of ether oxygens (including phenoxy) is 1. The van der Waals surface area contributed by atoms with Crippen LogP contribution in [-0.4, -0.2) is 20.3 Å². The molecule has 0 fully saturated rings. The molecule has 2 aromatic carbocycles. The van der Waals surface area contributed by atoms with Crippen LogP contribution in [-0.2, 0) is 13.6 Å². The van der Waals surface area contributed by atoms with E-state index in [9.17, 15) is 4.57 Å². The summed E-state index contributed by atoms with van der Waals surface area (Å²) in [6, 6.07) is 15.2. The molecule has 2 rings (SSSR count). The number of nitrogens with one attached hydrogen (secondary N) is 1. The van der Waals surface area contributed by atoms with Crippen molar-refractivity contribution >= 4 is 13.3 Å². The van der Waals surface area contributed by atoms with E-state index in [0.717, 1.165) is 41.8 Å². The Hall–Kier alpha value is -2.25. The predicted octanol–water partition coefficient (Wildman–Crippen LogP) is 6.61. The second kappa shape index (κ2) is 12.4. The summed E-state index contributed by atoms with van der Waals surface area (Å²) in [7, 11) is -1.90. The molecule has 1 unspecified atom stereocenters. The van der Waals surface area contributed by atoms with E-state index in [1.807, 2.05) is 62.4 Å². The third-order valence-corrected chi connectivity index (χ3v) is 6.74. The Morgan fingerprint density at radius 1 is 1.00 bits per heavy atom. The molecule has 0 aromatic heterocycles. The van der Waals surface area contributed by atoms with Crippen molar-refractivity contribution in [3.63, 3.8) is 0 Å². The molecule has 2 aromatic rings. The Kier molecular flexibility index (Phi) is 9.97. The minimum atomic E-state index is -3.52. The lowest BCUT2D eigenvalue weighted by Gasteiger charge is -2.29. The van der Waals surface area contributed by atoms with Crippen LogP contribution in [0, 0.1) is 11.8 Å². The van der Waals surface area contributed by atoms with Crippen LogP contribution >= 0.6 is 7.60 Å². The third-order valence-electron chi connectivity index (χ3n) is 4.46. The van der Waals surface area contributed by atoms with Gasteiger partial charge in [0, 0.05) is 23.2 Å². The lowest BCUT2D eigenvalue weighted by atomic mass is 10.1. The lowest BCUT2D eigenvalue weighted by molar-refractivity contribution is 0.214. The maximum absolute atomic E-state index is 13.8. The highest BCUT2D eigenvalue weighted by molar-refractivity contribution is 7.54. The summed E-state index contributed by atoms with van der Waals surface area (Å²) >= 11 is 0. The molecule has 0 spiro atoms. The molecular formula is C24H32NO4P. The van der Waals surface area contributed by atoms with E-state index in [2.05, 4.69) is 24.1 Å². The van der Waals surface area contributed by atoms with Gasteiger partial charge in [-0.3, -0.25) is 4.57 Å². The first-order valence-corrected chi connectivity index (χ1v) is 12.1. The molecule has 5 nitrogen and oxygen atoms in total. The number of methoxy groups -OCH3 is 1. The van der Waals surface area contributed by atoms with E-state index in [1.165, 1.54) is 0 Å². The highest BCUT2D eigenvalue weighted by atomic mass is 31.2. The van der Waals surface area contributed by atoms with E-state index in [0.29, 0.717) is 0 Å². The molecule has 0 aliphatic rings. The Morgan fingerprint density at radius 2 is 1.67 bits per heavy atom. The molecule has 6 heteroatoms. The van der Waals surface area contributed by atoms with Crippen LogP contribution in [0.3, 0.4) is 0 Å². The van der Waals surface area contributed by atoms with Crippen molar-refractivity contribution < 1.29 is 18.3 Å². The summed E-state index contributed by atoms with van der Waals surface area (Å²) in [4.78, 5) is 0. The highest BCUT2D eigenvalue weighted by Gasteiger charge is 2.38. The van der Waals surface area contributed by atoms with Crippen LogP contribution in [0.5, 0.6) is 5.75 Å². The van der Waals surface area contributed by atoms with Crippen LogP contribution in [0.15, 0.2) is 48.5 Å². The normalized spacial score (nSPS) is 12.0. The number of rotatable bonds is 11. The maximum Gasteiger partial charge on any atom is 0.357 e. The number of benzene rings is 2. The van der Waals surface area contributed by atoms with E-state index in [-0.39, 0.29) is 13.2 Å². The summed E-state index contributed by atoms with van der Waals surface area (Å²) in [5.41, 5.74) is 2.40. The van der Waals surface area contributed by atoms with Crippen LogP contribution in [0.2, 0.25) is 0 Å². The van der Waals surface area contributed by atoms with Gasteiger partial charge in [-0.25, -0.2) is 0 Å². The van der Waals surface area contributed by atoms with Crippen molar-refractivity contribution in [1.29, 1.82) is 0 Å². The molecule has 0 amide bonds. The predicted molar refractivity (Wildman–Crippen MR) is 123 cm³/mol. The molecule has 0 aliphatic carbocycles. The van der Waals surface area contributed by atoms with E-state index in [4.69, 9.17) is 13.8 Å². The summed E-state index contributed by atoms with van der Waals surface area (Å²) in [6.45, 7) is 6.33. The monoisotopic (exact) mass is 429 g/mol. The second-order valence-corrected chi connectivity index (χ2v) is 8.76. The fourth-order valence-electron chi connectivity index (χ4n) is 2.99. The Bertz CT molecular complexity index is 876. The van der Waals surface area contributed by atoms with Gasteiger partial charge >= 0.3 is 7.60 Å². The molecule has 0 saturated heterocycles. The first kappa shape index (κ1) is 24.0. The number of hydrogen-bond donors (Lipinski definition) is 1. The largest absolute Gasteiger partial charge is 0.497 e. The molecule has 0 radical (unpaired) electrons.